The molecule has 5 nitrogen and oxygen atoms in total. The highest BCUT2D eigenvalue weighted by atomic mass is 15.3. The van der Waals surface area contributed by atoms with E-state index >= 15 is 0 Å². The molecule has 4 rings (SSSR count). The van der Waals surface area contributed by atoms with Crippen LogP contribution in [0.4, 0.5) is 0 Å². The van der Waals surface area contributed by atoms with Crippen molar-refractivity contribution in [3.8, 4) is 0 Å². The van der Waals surface area contributed by atoms with Crippen molar-refractivity contribution in [3.63, 3.8) is 0 Å². The molecule has 2 aromatic rings. The van der Waals surface area contributed by atoms with Crippen molar-refractivity contribution in [3.05, 3.63) is 30.0 Å². The summed E-state index contributed by atoms with van der Waals surface area (Å²) in [6.07, 6.45) is 3.21. The third-order valence-corrected chi connectivity index (χ3v) is 4.87. The zero-order valence-electron chi connectivity index (χ0n) is 12.4. The van der Waals surface area contributed by atoms with Crippen molar-refractivity contribution in [2.75, 3.05) is 39.3 Å². The summed E-state index contributed by atoms with van der Waals surface area (Å²) in [5.41, 5.74) is 2.56. The largest absolute Gasteiger partial charge is 0.314 e. The molecule has 3 heterocycles. The van der Waals surface area contributed by atoms with E-state index in [1.165, 1.54) is 49.1 Å². The van der Waals surface area contributed by atoms with E-state index in [-0.39, 0.29) is 0 Å². The Morgan fingerprint density at radius 3 is 3.00 bits per heavy atom. The predicted octanol–water partition coefficient (Wildman–Crippen LogP) is 1.04. The fourth-order valence-electron chi connectivity index (χ4n) is 3.70. The van der Waals surface area contributed by atoms with Crippen LogP contribution in [0.2, 0.25) is 0 Å². The molecule has 5 heteroatoms. The van der Waals surface area contributed by atoms with E-state index in [1.54, 1.807) is 0 Å². The zero-order chi connectivity index (χ0) is 14.1. The quantitative estimate of drug-likeness (QED) is 0.885. The summed E-state index contributed by atoms with van der Waals surface area (Å²) < 4.78 is 0. The zero-order valence-corrected chi connectivity index (χ0v) is 12.4. The Labute approximate surface area is 125 Å². The normalized spacial score (nSPS) is 24.9. The van der Waals surface area contributed by atoms with Crippen molar-refractivity contribution in [1.29, 1.82) is 0 Å². The topological polar surface area (TPSA) is 47.2 Å². The second kappa shape index (κ2) is 5.75. The van der Waals surface area contributed by atoms with Crippen LogP contribution < -0.4 is 5.32 Å². The maximum atomic E-state index is 4.17. The van der Waals surface area contributed by atoms with Crippen LogP contribution in [0.15, 0.2) is 24.4 Å². The number of fused-ring (bicyclic) bond motifs is 1. The number of para-hydroxylation sites is 1. The van der Waals surface area contributed by atoms with Crippen molar-refractivity contribution >= 4 is 10.9 Å². The molecule has 112 valence electrons. The summed E-state index contributed by atoms with van der Waals surface area (Å²) >= 11 is 0. The molecule has 0 radical (unpaired) electrons. The first-order valence-corrected chi connectivity index (χ1v) is 7.98. The molecule has 1 aromatic heterocycles. The molecule has 2 saturated heterocycles. The number of likely N-dealkylation sites (tertiary alicyclic amines) is 1. The van der Waals surface area contributed by atoms with Crippen LogP contribution in [0.1, 0.15) is 12.0 Å². The molecular formula is C16H23N5. The first kappa shape index (κ1) is 13.2. The minimum atomic E-state index is 0.744. The minimum absolute atomic E-state index is 0.744. The van der Waals surface area contributed by atoms with Gasteiger partial charge >= 0.3 is 0 Å². The molecule has 2 fully saturated rings. The second-order valence-corrected chi connectivity index (χ2v) is 6.21. The van der Waals surface area contributed by atoms with Gasteiger partial charge < -0.3 is 5.32 Å². The Balaban J connectivity index is 1.43. The van der Waals surface area contributed by atoms with E-state index in [9.17, 15) is 0 Å². The molecule has 2 aliphatic heterocycles. The second-order valence-electron chi connectivity index (χ2n) is 6.21. The van der Waals surface area contributed by atoms with Crippen LogP contribution >= 0.6 is 0 Å². The Bertz CT molecular complexity index is 601. The number of H-pyrrole nitrogens is 1. The number of benzene rings is 1. The van der Waals surface area contributed by atoms with E-state index < -0.39 is 0 Å². The van der Waals surface area contributed by atoms with Gasteiger partial charge in [-0.15, -0.1) is 0 Å². The van der Waals surface area contributed by atoms with Crippen LogP contribution in [0.25, 0.3) is 10.9 Å². The molecule has 0 amide bonds. The first-order chi connectivity index (χ1) is 10.4. The van der Waals surface area contributed by atoms with Gasteiger partial charge in [0.05, 0.1) is 11.7 Å². The molecule has 21 heavy (non-hydrogen) atoms. The van der Waals surface area contributed by atoms with E-state index in [2.05, 4.69) is 43.5 Å². The Morgan fingerprint density at radius 2 is 2.10 bits per heavy atom. The number of hydrogen-bond acceptors (Lipinski definition) is 4. The average molecular weight is 285 g/mol. The molecule has 1 atom stereocenters. The van der Waals surface area contributed by atoms with E-state index in [0.717, 1.165) is 25.7 Å². The summed E-state index contributed by atoms with van der Waals surface area (Å²) in [6.45, 7) is 8.13. The van der Waals surface area contributed by atoms with Gasteiger partial charge in [0, 0.05) is 57.2 Å². The lowest BCUT2D eigenvalue weighted by atomic mass is 10.1. The number of aromatic amines is 1. The lowest BCUT2D eigenvalue weighted by Crippen LogP contribution is -2.49. The number of nitrogens with one attached hydrogen (secondary N) is 2. The van der Waals surface area contributed by atoms with Gasteiger partial charge in [-0.25, -0.2) is 0 Å². The van der Waals surface area contributed by atoms with Gasteiger partial charge in [0.15, 0.2) is 0 Å². The number of hydrogen-bond donors (Lipinski definition) is 2. The average Bonchev–Trinajstić information content (AvgIpc) is 3.17. The molecule has 0 bridgehead atoms. The third-order valence-electron chi connectivity index (χ3n) is 4.87. The Kier molecular flexibility index (Phi) is 3.63. The predicted molar refractivity (Wildman–Crippen MR) is 84.2 cm³/mol. The third kappa shape index (κ3) is 2.69. The van der Waals surface area contributed by atoms with Gasteiger partial charge in [-0.3, -0.25) is 14.9 Å². The molecular weight excluding hydrogens is 262 g/mol. The highest BCUT2D eigenvalue weighted by Gasteiger charge is 2.28. The first-order valence-electron chi connectivity index (χ1n) is 7.98. The number of nitrogens with zero attached hydrogens (tertiary/aromatic N) is 3. The molecule has 2 N–H and O–H groups in total. The number of rotatable bonds is 3. The van der Waals surface area contributed by atoms with Gasteiger partial charge in [0.1, 0.15) is 0 Å². The van der Waals surface area contributed by atoms with Crippen LogP contribution in [0, 0.1) is 0 Å². The van der Waals surface area contributed by atoms with Crippen LogP contribution in [0.3, 0.4) is 0 Å². The number of aromatic nitrogens is 2. The maximum Gasteiger partial charge on any atom is 0.0695 e. The Morgan fingerprint density at radius 1 is 1.19 bits per heavy atom. The molecule has 0 saturated carbocycles. The standard InChI is InChI=1S/C16H23N5/c1-2-13-10-18-19-16(13)14(3-1)11-20-7-4-15(12-20)21-8-5-17-6-9-21/h1-3,10,15,17H,4-9,11-12H2,(H,18,19). The lowest BCUT2D eigenvalue weighted by molar-refractivity contribution is 0.170. The van der Waals surface area contributed by atoms with Crippen molar-refractivity contribution in [2.45, 2.75) is 19.0 Å². The van der Waals surface area contributed by atoms with Crippen LogP contribution in [-0.2, 0) is 6.54 Å². The molecule has 1 aromatic carbocycles. The molecule has 0 aliphatic carbocycles. The minimum Gasteiger partial charge on any atom is -0.314 e. The van der Waals surface area contributed by atoms with Gasteiger partial charge in [0.25, 0.3) is 0 Å². The summed E-state index contributed by atoms with van der Waals surface area (Å²) in [6, 6.07) is 7.22. The van der Waals surface area contributed by atoms with Crippen molar-refractivity contribution in [2.24, 2.45) is 0 Å². The fourth-order valence-corrected chi connectivity index (χ4v) is 3.70. The summed E-state index contributed by atoms with van der Waals surface area (Å²) in [5, 5.41) is 12.0. The van der Waals surface area contributed by atoms with Crippen molar-refractivity contribution in [1.82, 2.24) is 25.3 Å². The van der Waals surface area contributed by atoms with Gasteiger partial charge in [0.2, 0.25) is 0 Å². The monoisotopic (exact) mass is 285 g/mol. The van der Waals surface area contributed by atoms with Crippen LogP contribution in [0.5, 0.6) is 0 Å². The van der Waals surface area contributed by atoms with E-state index in [0.29, 0.717) is 0 Å². The smallest absolute Gasteiger partial charge is 0.0695 e. The molecule has 1 unspecified atom stereocenters. The highest BCUT2D eigenvalue weighted by Crippen LogP contribution is 2.22. The molecule has 0 spiro atoms. The van der Waals surface area contributed by atoms with Gasteiger partial charge in [-0.1, -0.05) is 18.2 Å². The maximum absolute atomic E-state index is 4.17. The fraction of sp³-hybridized carbons (Fsp3) is 0.562. The number of piperazine rings is 1. The van der Waals surface area contributed by atoms with Gasteiger partial charge in [-0.2, -0.15) is 5.10 Å². The SMILES string of the molecule is c1cc(CN2CCC(N3CCNCC3)C2)c2[nH]ncc2c1. The van der Waals surface area contributed by atoms with E-state index in [1.807, 2.05) is 6.20 Å². The van der Waals surface area contributed by atoms with Crippen molar-refractivity contribution < 1.29 is 0 Å². The highest BCUT2D eigenvalue weighted by molar-refractivity contribution is 5.81. The summed E-state index contributed by atoms with van der Waals surface area (Å²) in [4.78, 5) is 5.25. The lowest BCUT2D eigenvalue weighted by Gasteiger charge is -2.32. The molecule has 2 aliphatic rings. The summed E-state index contributed by atoms with van der Waals surface area (Å²) in [7, 11) is 0. The van der Waals surface area contributed by atoms with Crippen LogP contribution in [-0.4, -0.2) is 65.3 Å². The van der Waals surface area contributed by atoms with E-state index in [4.69, 9.17) is 0 Å². The Hall–Kier alpha value is -1.43. The summed E-state index contributed by atoms with van der Waals surface area (Å²) in [5.74, 6) is 0. The van der Waals surface area contributed by atoms with Gasteiger partial charge in [-0.05, 0) is 12.0 Å².